The van der Waals surface area contributed by atoms with E-state index < -0.39 is 6.10 Å². The molecule has 2 aromatic rings. The van der Waals surface area contributed by atoms with Gasteiger partial charge in [0.05, 0.1) is 0 Å². The first-order valence-corrected chi connectivity index (χ1v) is 7.86. The Morgan fingerprint density at radius 2 is 1.75 bits per heavy atom. The van der Waals surface area contributed by atoms with E-state index in [0.717, 1.165) is 6.42 Å². The van der Waals surface area contributed by atoms with Crippen molar-refractivity contribution in [1.29, 1.82) is 0 Å². The zero-order chi connectivity index (χ0) is 17.5. The maximum absolute atomic E-state index is 11.6. The molecule has 2 rings (SSSR count). The molecule has 0 saturated carbocycles. The zero-order valence-electron chi connectivity index (χ0n) is 13.9. The van der Waals surface area contributed by atoms with Gasteiger partial charge < -0.3 is 19.7 Å². The van der Waals surface area contributed by atoms with Crippen LogP contribution in [0.2, 0.25) is 0 Å². The van der Waals surface area contributed by atoms with Gasteiger partial charge in [-0.2, -0.15) is 0 Å². The third-order valence-electron chi connectivity index (χ3n) is 3.56. The Kier molecular flexibility index (Phi) is 6.21. The van der Waals surface area contributed by atoms with Crippen LogP contribution in [0.25, 0.3) is 0 Å². The van der Waals surface area contributed by atoms with Crippen molar-refractivity contribution < 1.29 is 24.5 Å². The Morgan fingerprint density at radius 3 is 2.38 bits per heavy atom. The Hall–Kier alpha value is -2.53. The molecule has 1 unspecified atom stereocenters. The number of benzene rings is 2. The van der Waals surface area contributed by atoms with Crippen molar-refractivity contribution in [2.45, 2.75) is 26.4 Å². The normalized spacial score (nSPS) is 11.8. The molecule has 0 fully saturated rings. The lowest BCUT2D eigenvalue weighted by Crippen LogP contribution is -2.25. The molecular formula is C19H22O5. The zero-order valence-corrected chi connectivity index (χ0v) is 13.9. The molecule has 24 heavy (non-hydrogen) atoms. The van der Waals surface area contributed by atoms with Crippen molar-refractivity contribution >= 4 is 5.78 Å². The number of hydrogen-bond donors (Lipinski definition) is 2. The first kappa shape index (κ1) is 17.8. The summed E-state index contributed by atoms with van der Waals surface area (Å²) in [7, 11) is 0. The third kappa shape index (κ3) is 4.73. The van der Waals surface area contributed by atoms with Crippen LogP contribution in [0, 0.1) is 0 Å². The third-order valence-corrected chi connectivity index (χ3v) is 3.56. The van der Waals surface area contributed by atoms with Crippen molar-refractivity contribution in [3.8, 4) is 17.2 Å². The van der Waals surface area contributed by atoms with Gasteiger partial charge in [-0.1, -0.05) is 25.1 Å². The van der Waals surface area contributed by atoms with Crippen LogP contribution < -0.4 is 9.47 Å². The smallest absolute Gasteiger partial charge is 0.167 e. The summed E-state index contributed by atoms with van der Waals surface area (Å²) >= 11 is 0. The lowest BCUT2D eigenvalue weighted by Gasteiger charge is -2.15. The van der Waals surface area contributed by atoms with E-state index in [9.17, 15) is 15.0 Å². The van der Waals surface area contributed by atoms with Crippen LogP contribution in [-0.4, -0.2) is 35.3 Å². The van der Waals surface area contributed by atoms with Crippen LogP contribution in [-0.2, 0) is 6.42 Å². The highest BCUT2D eigenvalue weighted by atomic mass is 16.5. The van der Waals surface area contributed by atoms with Gasteiger partial charge in [-0.25, -0.2) is 0 Å². The first-order chi connectivity index (χ1) is 11.5. The summed E-state index contributed by atoms with van der Waals surface area (Å²) in [5.74, 6) is 0.480. The number of phenols is 1. The number of aliphatic hydroxyl groups is 1. The van der Waals surface area contributed by atoms with Crippen LogP contribution in [0.5, 0.6) is 17.2 Å². The van der Waals surface area contributed by atoms with Gasteiger partial charge in [-0.15, -0.1) is 0 Å². The number of aryl methyl sites for hydroxylation is 1. The molecule has 2 aromatic carbocycles. The minimum atomic E-state index is -0.863. The number of rotatable bonds is 8. The molecule has 0 aliphatic rings. The summed E-state index contributed by atoms with van der Waals surface area (Å²) in [6, 6.07) is 12.2. The standard InChI is InChI=1S/C19H22O5/c1-3-14-7-9-16(10-8-14)23-11-15(21)12-24-18-6-4-5-17(22)19(18)13(2)20/h4-10,15,21-22H,3,11-12H2,1-2H3. The molecule has 0 aliphatic heterocycles. The monoisotopic (exact) mass is 330 g/mol. The molecule has 0 heterocycles. The SMILES string of the molecule is CCc1ccc(OCC(O)COc2cccc(O)c2C(C)=O)cc1. The number of ketones is 1. The van der Waals surface area contributed by atoms with Crippen LogP contribution in [0.4, 0.5) is 0 Å². The maximum atomic E-state index is 11.6. The van der Waals surface area contributed by atoms with E-state index in [0.29, 0.717) is 5.75 Å². The molecule has 0 saturated heterocycles. The molecule has 2 N–H and O–H groups in total. The van der Waals surface area contributed by atoms with Crippen molar-refractivity contribution in [2.75, 3.05) is 13.2 Å². The molecule has 5 nitrogen and oxygen atoms in total. The summed E-state index contributed by atoms with van der Waals surface area (Å²) in [4.78, 5) is 11.6. The Balaban J connectivity index is 1.88. The highest BCUT2D eigenvalue weighted by molar-refractivity contribution is 5.99. The Morgan fingerprint density at radius 1 is 1.08 bits per heavy atom. The molecule has 0 bridgehead atoms. The summed E-state index contributed by atoms with van der Waals surface area (Å²) in [5.41, 5.74) is 1.33. The molecule has 0 aliphatic carbocycles. The van der Waals surface area contributed by atoms with Gasteiger partial charge in [0.2, 0.25) is 0 Å². The van der Waals surface area contributed by atoms with Crippen LogP contribution in [0.15, 0.2) is 42.5 Å². The second kappa shape index (κ2) is 8.36. The number of hydrogen-bond acceptors (Lipinski definition) is 5. The number of ether oxygens (including phenoxy) is 2. The fraction of sp³-hybridized carbons (Fsp3) is 0.316. The summed E-state index contributed by atoms with van der Waals surface area (Å²) in [5, 5.41) is 19.7. The second-order valence-corrected chi connectivity index (χ2v) is 5.48. The summed E-state index contributed by atoms with van der Waals surface area (Å²) in [6.45, 7) is 3.45. The van der Waals surface area contributed by atoms with Gasteiger partial charge in [0.25, 0.3) is 0 Å². The Labute approximate surface area is 141 Å². The van der Waals surface area contributed by atoms with E-state index in [1.807, 2.05) is 24.3 Å². The second-order valence-electron chi connectivity index (χ2n) is 5.48. The number of carbonyl (C=O) groups excluding carboxylic acids is 1. The van der Waals surface area contributed by atoms with Gasteiger partial charge >= 0.3 is 0 Å². The minimum Gasteiger partial charge on any atom is -0.507 e. The topological polar surface area (TPSA) is 76.0 Å². The van der Waals surface area contributed by atoms with Gasteiger partial charge in [0.1, 0.15) is 42.1 Å². The number of aromatic hydroxyl groups is 1. The van der Waals surface area contributed by atoms with Crippen molar-refractivity contribution in [3.05, 3.63) is 53.6 Å². The molecule has 1 atom stereocenters. The predicted molar refractivity (Wildman–Crippen MR) is 90.9 cm³/mol. The highest BCUT2D eigenvalue weighted by Gasteiger charge is 2.15. The van der Waals surface area contributed by atoms with Crippen molar-refractivity contribution in [3.63, 3.8) is 0 Å². The van der Waals surface area contributed by atoms with E-state index in [4.69, 9.17) is 9.47 Å². The fourth-order valence-corrected chi connectivity index (χ4v) is 2.24. The fourth-order valence-electron chi connectivity index (χ4n) is 2.24. The van der Waals surface area contributed by atoms with Crippen LogP contribution in [0.3, 0.4) is 0 Å². The van der Waals surface area contributed by atoms with E-state index in [2.05, 4.69) is 6.92 Å². The maximum Gasteiger partial charge on any atom is 0.167 e. The van der Waals surface area contributed by atoms with E-state index in [1.165, 1.54) is 18.6 Å². The van der Waals surface area contributed by atoms with Crippen molar-refractivity contribution in [2.24, 2.45) is 0 Å². The first-order valence-electron chi connectivity index (χ1n) is 7.86. The molecule has 0 aromatic heterocycles. The number of Topliss-reactive ketones (excluding diaryl/α,β-unsaturated/α-hetero) is 1. The predicted octanol–water partition coefficient (Wildman–Crippen LogP) is 2.98. The lowest BCUT2D eigenvalue weighted by atomic mass is 10.1. The van der Waals surface area contributed by atoms with E-state index in [-0.39, 0.29) is 36.1 Å². The Bertz CT molecular complexity index is 679. The van der Waals surface area contributed by atoms with Gasteiger partial charge in [0.15, 0.2) is 5.78 Å². The molecular weight excluding hydrogens is 308 g/mol. The average molecular weight is 330 g/mol. The van der Waals surface area contributed by atoms with Gasteiger partial charge in [-0.3, -0.25) is 4.79 Å². The summed E-state index contributed by atoms with van der Waals surface area (Å²) in [6.07, 6.45) is 0.0945. The van der Waals surface area contributed by atoms with Crippen LogP contribution in [0.1, 0.15) is 29.8 Å². The van der Waals surface area contributed by atoms with Crippen LogP contribution >= 0.6 is 0 Å². The quantitative estimate of drug-likeness (QED) is 0.728. The molecule has 128 valence electrons. The minimum absolute atomic E-state index is 0.0449. The summed E-state index contributed by atoms with van der Waals surface area (Å²) < 4.78 is 11.0. The lowest BCUT2D eigenvalue weighted by molar-refractivity contribution is 0.0619. The average Bonchev–Trinajstić information content (AvgIpc) is 2.58. The van der Waals surface area contributed by atoms with Crippen molar-refractivity contribution in [1.82, 2.24) is 0 Å². The largest absolute Gasteiger partial charge is 0.507 e. The molecule has 0 radical (unpaired) electrons. The number of phenolic OH excluding ortho intramolecular Hbond substituents is 1. The van der Waals surface area contributed by atoms with Gasteiger partial charge in [0, 0.05) is 0 Å². The molecule has 0 spiro atoms. The van der Waals surface area contributed by atoms with E-state index in [1.54, 1.807) is 12.1 Å². The molecule has 5 heteroatoms. The molecule has 0 amide bonds. The number of aliphatic hydroxyl groups excluding tert-OH is 1. The highest BCUT2D eigenvalue weighted by Crippen LogP contribution is 2.28. The van der Waals surface area contributed by atoms with E-state index >= 15 is 0 Å². The van der Waals surface area contributed by atoms with Gasteiger partial charge in [-0.05, 0) is 43.2 Å². The number of carbonyl (C=O) groups is 1.